The van der Waals surface area contributed by atoms with Crippen LogP contribution in [0.4, 0.5) is 9.52 Å². The highest BCUT2D eigenvalue weighted by molar-refractivity contribution is 7.20. The number of aromatic nitrogens is 4. The van der Waals surface area contributed by atoms with Crippen molar-refractivity contribution in [3.8, 4) is 5.75 Å². The van der Waals surface area contributed by atoms with E-state index in [1.54, 1.807) is 22.7 Å². The van der Waals surface area contributed by atoms with Gasteiger partial charge in [-0.15, -0.1) is 15.3 Å². The van der Waals surface area contributed by atoms with Crippen molar-refractivity contribution in [2.75, 3.05) is 11.9 Å². The Morgan fingerprint density at radius 2 is 2.12 bits per heavy atom. The zero-order valence-electron chi connectivity index (χ0n) is 13.5. The quantitative estimate of drug-likeness (QED) is 0.777. The van der Waals surface area contributed by atoms with Crippen LogP contribution in [0.3, 0.4) is 0 Å². The van der Waals surface area contributed by atoms with Gasteiger partial charge >= 0.3 is 0 Å². The van der Waals surface area contributed by atoms with Gasteiger partial charge in [-0.05, 0) is 36.3 Å². The Morgan fingerprint density at radius 3 is 2.84 bits per heavy atom. The van der Waals surface area contributed by atoms with Crippen molar-refractivity contribution in [3.05, 3.63) is 59.7 Å². The smallest absolute Gasteiger partial charge is 0.236 e. The summed E-state index contributed by atoms with van der Waals surface area (Å²) in [7, 11) is 1.94. The van der Waals surface area contributed by atoms with E-state index in [1.807, 2.05) is 30.2 Å². The summed E-state index contributed by atoms with van der Waals surface area (Å²) in [5, 5.41) is 23.2. The van der Waals surface area contributed by atoms with Gasteiger partial charge in [0.15, 0.2) is 5.82 Å². The number of anilines is 1. The largest absolute Gasteiger partial charge is 0.508 e. The Labute approximate surface area is 147 Å². The van der Waals surface area contributed by atoms with E-state index in [0.29, 0.717) is 12.8 Å². The third kappa shape index (κ3) is 3.12. The molecule has 3 aromatic rings. The van der Waals surface area contributed by atoms with Crippen molar-refractivity contribution in [3.63, 3.8) is 0 Å². The van der Waals surface area contributed by atoms with Gasteiger partial charge in [-0.3, -0.25) is 0 Å². The lowest BCUT2D eigenvalue weighted by Crippen LogP contribution is -2.30. The van der Waals surface area contributed by atoms with Crippen molar-refractivity contribution in [2.24, 2.45) is 0 Å². The molecule has 1 atom stereocenters. The molecule has 25 heavy (non-hydrogen) atoms. The molecule has 1 N–H and O–H groups in total. The molecular weight excluding hydrogens is 341 g/mol. The van der Waals surface area contributed by atoms with Crippen LogP contribution >= 0.6 is 11.3 Å². The van der Waals surface area contributed by atoms with E-state index in [0.717, 1.165) is 21.5 Å². The molecule has 8 heteroatoms. The minimum Gasteiger partial charge on any atom is -0.508 e. The fourth-order valence-corrected chi connectivity index (χ4v) is 3.59. The van der Waals surface area contributed by atoms with Crippen LogP contribution in [0.2, 0.25) is 0 Å². The first-order valence-electron chi connectivity index (χ1n) is 7.86. The molecule has 1 aliphatic rings. The molecule has 0 saturated carbocycles. The maximum absolute atomic E-state index is 13.1. The first kappa shape index (κ1) is 15.8. The van der Waals surface area contributed by atoms with Gasteiger partial charge in [-0.1, -0.05) is 29.5 Å². The number of likely N-dealkylation sites (N-methyl/N-ethyl adjacent to an activating group) is 1. The van der Waals surface area contributed by atoms with Crippen molar-refractivity contribution >= 4 is 21.4 Å². The van der Waals surface area contributed by atoms with Crippen LogP contribution in [-0.4, -0.2) is 38.0 Å². The summed E-state index contributed by atoms with van der Waals surface area (Å²) < 4.78 is 14.9. The van der Waals surface area contributed by atoms with Crippen LogP contribution in [-0.2, 0) is 6.42 Å². The minimum atomic E-state index is -0.195. The van der Waals surface area contributed by atoms with Gasteiger partial charge in [0.2, 0.25) is 10.1 Å². The Hall–Kier alpha value is -2.74. The first-order valence-corrected chi connectivity index (χ1v) is 8.67. The number of phenolic OH excluding ortho intramolecular Hbond substituents is 1. The number of aromatic hydroxyl groups is 1. The normalized spacial score (nSPS) is 17.0. The molecule has 0 amide bonds. The molecule has 6 nitrogen and oxygen atoms in total. The molecular formula is C17H16FN5OS. The summed E-state index contributed by atoms with van der Waals surface area (Å²) in [6.45, 7) is 0. The van der Waals surface area contributed by atoms with Crippen molar-refractivity contribution in [1.82, 2.24) is 19.8 Å². The van der Waals surface area contributed by atoms with Crippen molar-refractivity contribution < 1.29 is 9.50 Å². The maximum atomic E-state index is 13.1. The van der Waals surface area contributed by atoms with Crippen molar-refractivity contribution in [2.45, 2.75) is 18.9 Å². The molecule has 2 aromatic heterocycles. The zero-order valence-corrected chi connectivity index (χ0v) is 14.3. The summed E-state index contributed by atoms with van der Waals surface area (Å²) in [6.07, 6.45) is 6.10. The van der Waals surface area contributed by atoms with Crippen molar-refractivity contribution in [1.29, 1.82) is 0 Å². The topological polar surface area (TPSA) is 66.6 Å². The van der Waals surface area contributed by atoms with Gasteiger partial charge in [0.1, 0.15) is 11.6 Å². The van der Waals surface area contributed by atoms with Crippen LogP contribution < -0.4 is 4.90 Å². The third-order valence-electron chi connectivity index (χ3n) is 4.17. The summed E-state index contributed by atoms with van der Waals surface area (Å²) >= 11 is 1.45. The average Bonchev–Trinajstić information content (AvgIpc) is 3.19. The van der Waals surface area contributed by atoms with Gasteiger partial charge in [-0.2, -0.15) is 4.52 Å². The zero-order chi connectivity index (χ0) is 17.4. The number of halogens is 1. The van der Waals surface area contributed by atoms with Gasteiger partial charge in [0, 0.05) is 13.5 Å². The monoisotopic (exact) mass is 357 g/mol. The highest BCUT2D eigenvalue weighted by Crippen LogP contribution is 2.27. The van der Waals surface area contributed by atoms with E-state index in [2.05, 4.69) is 15.3 Å². The highest BCUT2D eigenvalue weighted by atomic mass is 32.1. The molecule has 0 saturated heterocycles. The average molecular weight is 357 g/mol. The highest BCUT2D eigenvalue weighted by Gasteiger charge is 2.20. The van der Waals surface area contributed by atoms with E-state index < -0.39 is 0 Å². The molecule has 1 aliphatic carbocycles. The second-order valence-corrected chi connectivity index (χ2v) is 6.83. The minimum absolute atomic E-state index is 0.0730. The number of rotatable bonds is 4. The van der Waals surface area contributed by atoms with Crippen LogP contribution in [0.15, 0.2) is 48.3 Å². The number of nitrogens with zero attached hydrogens (tertiary/aromatic N) is 5. The number of phenols is 1. The first-order chi connectivity index (χ1) is 12.1. The van der Waals surface area contributed by atoms with E-state index in [4.69, 9.17) is 0 Å². The van der Waals surface area contributed by atoms with Gasteiger partial charge in [-0.25, -0.2) is 4.39 Å². The Kier molecular flexibility index (Phi) is 3.96. The van der Waals surface area contributed by atoms with Crippen LogP contribution in [0.25, 0.3) is 4.96 Å². The second-order valence-electron chi connectivity index (χ2n) is 5.90. The van der Waals surface area contributed by atoms with Crippen LogP contribution in [0.1, 0.15) is 17.8 Å². The number of allylic oxidation sites excluding steroid dienone is 2. The number of hydrogen-bond donors (Lipinski definition) is 1. The molecule has 4 rings (SSSR count). The third-order valence-corrected chi connectivity index (χ3v) is 5.16. The fourth-order valence-electron chi connectivity index (χ4n) is 2.71. The van der Waals surface area contributed by atoms with Gasteiger partial charge in [0.05, 0.1) is 6.04 Å². The molecule has 0 aliphatic heterocycles. The summed E-state index contributed by atoms with van der Waals surface area (Å²) in [6, 6.07) is 7.07. The molecule has 128 valence electrons. The molecule has 0 fully saturated rings. The summed E-state index contributed by atoms with van der Waals surface area (Å²) in [5.74, 6) is 0.777. The predicted octanol–water partition coefficient (Wildman–Crippen LogP) is 3.10. The standard InChI is InChI=1S/C17H16FN5OS/c1-22(13-6-4-12(18)5-7-13)17-21-23-15(19-20-16(23)25-17)10-11-2-8-14(24)9-3-11/h2-6,8-9,13,24H,7,10H2,1H3. The van der Waals surface area contributed by atoms with Crippen LogP contribution in [0.5, 0.6) is 5.75 Å². The summed E-state index contributed by atoms with van der Waals surface area (Å²) in [4.78, 5) is 2.74. The Balaban J connectivity index is 1.58. The van der Waals surface area contributed by atoms with Gasteiger partial charge in [0.25, 0.3) is 0 Å². The molecule has 1 unspecified atom stereocenters. The molecule has 0 radical (unpaired) electrons. The lowest BCUT2D eigenvalue weighted by molar-refractivity contribution is 0.475. The molecule has 1 aromatic carbocycles. The molecule has 0 spiro atoms. The maximum Gasteiger partial charge on any atom is 0.236 e. The number of fused-ring (bicyclic) bond motifs is 1. The van der Waals surface area contributed by atoms with Gasteiger partial charge < -0.3 is 10.0 Å². The second kappa shape index (κ2) is 6.29. The number of benzene rings is 1. The van der Waals surface area contributed by atoms with Crippen LogP contribution in [0, 0.1) is 0 Å². The lowest BCUT2D eigenvalue weighted by atomic mass is 10.1. The predicted molar refractivity (Wildman–Crippen MR) is 94.7 cm³/mol. The van der Waals surface area contributed by atoms with E-state index in [9.17, 15) is 9.50 Å². The van der Waals surface area contributed by atoms with E-state index in [-0.39, 0.29) is 17.6 Å². The Bertz CT molecular complexity index is 959. The summed E-state index contributed by atoms with van der Waals surface area (Å²) in [5.41, 5.74) is 1.02. The SMILES string of the molecule is CN(c1nn2c(Cc3ccc(O)cc3)nnc2s1)C1C=CC(F)=CC1. The molecule has 0 bridgehead atoms. The lowest BCUT2D eigenvalue weighted by Gasteiger charge is -2.25. The number of hydrogen-bond acceptors (Lipinski definition) is 6. The Morgan fingerprint density at radius 1 is 1.32 bits per heavy atom. The van der Waals surface area contributed by atoms with E-state index >= 15 is 0 Å². The van der Waals surface area contributed by atoms with E-state index in [1.165, 1.54) is 17.4 Å². The molecule has 2 heterocycles. The fraction of sp³-hybridized carbons (Fsp3) is 0.235.